The molecule has 0 bridgehead atoms. The first kappa shape index (κ1) is 8.79. The quantitative estimate of drug-likeness (QED) is 0.743. The summed E-state index contributed by atoms with van der Waals surface area (Å²) < 4.78 is 2.02. The van der Waals surface area contributed by atoms with Gasteiger partial charge < -0.3 is 5.32 Å². The molecule has 0 saturated carbocycles. The number of hydrogen-bond acceptors (Lipinski definition) is 4. The SMILES string of the molecule is c1ncc2cnn(C3CCCNC3)c2n1. The molecule has 0 spiro atoms. The van der Waals surface area contributed by atoms with Crippen LogP contribution in [0.25, 0.3) is 11.0 Å². The molecular formula is C10H13N5. The van der Waals surface area contributed by atoms with Crippen molar-refractivity contribution < 1.29 is 0 Å². The van der Waals surface area contributed by atoms with Crippen LogP contribution in [-0.4, -0.2) is 32.8 Å². The minimum Gasteiger partial charge on any atom is -0.315 e. The predicted molar refractivity (Wildman–Crippen MR) is 56.5 cm³/mol. The van der Waals surface area contributed by atoms with Crippen LogP contribution >= 0.6 is 0 Å². The molecule has 0 aliphatic carbocycles. The Hall–Kier alpha value is -1.49. The first-order valence-electron chi connectivity index (χ1n) is 5.29. The van der Waals surface area contributed by atoms with E-state index < -0.39 is 0 Å². The molecule has 15 heavy (non-hydrogen) atoms. The zero-order chi connectivity index (χ0) is 10.1. The van der Waals surface area contributed by atoms with Gasteiger partial charge in [0.15, 0.2) is 5.65 Å². The maximum absolute atomic E-state index is 4.39. The summed E-state index contributed by atoms with van der Waals surface area (Å²) >= 11 is 0. The summed E-state index contributed by atoms with van der Waals surface area (Å²) in [6.45, 7) is 2.10. The molecule has 5 heteroatoms. The minimum atomic E-state index is 0.436. The van der Waals surface area contributed by atoms with Gasteiger partial charge in [-0.3, -0.25) is 0 Å². The summed E-state index contributed by atoms with van der Waals surface area (Å²) in [5.41, 5.74) is 0.943. The van der Waals surface area contributed by atoms with Crippen LogP contribution in [0, 0.1) is 0 Å². The standard InChI is InChI=1S/C10H13N5/c1-2-9(6-11-3-1)15-10-8(5-14-15)4-12-7-13-10/h4-5,7,9,11H,1-3,6H2. The lowest BCUT2D eigenvalue weighted by Crippen LogP contribution is -2.32. The van der Waals surface area contributed by atoms with E-state index in [-0.39, 0.29) is 0 Å². The zero-order valence-electron chi connectivity index (χ0n) is 8.43. The molecule has 3 heterocycles. The number of nitrogens with one attached hydrogen (secondary N) is 1. The predicted octanol–water partition coefficient (Wildman–Crippen LogP) is 0.751. The van der Waals surface area contributed by atoms with E-state index in [2.05, 4.69) is 20.4 Å². The van der Waals surface area contributed by atoms with E-state index >= 15 is 0 Å². The van der Waals surface area contributed by atoms with Crippen LogP contribution in [0.4, 0.5) is 0 Å². The van der Waals surface area contributed by atoms with Gasteiger partial charge in [0.05, 0.1) is 17.6 Å². The monoisotopic (exact) mass is 203 g/mol. The number of rotatable bonds is 1. The molecule has 1 atom stereocenters. The number of aromatic nitrogens is 4. The lowest BCUT2D eigenvalue weighted by Gasteiger charge is -2.23. The van der Waals surface area contributed by atoms with E-state index in [4.69, 9.17) is 0 Å². The molecule has 2 aromatic rings. The summed E-state index contributed by atoms with van der Waals surface area (Å²) in [7, 11) is 0. The highest BCUT2D eigenvalue weighted by atomic mass is 15.3. The fourth-order valence-electron chi connectivity index (χ4n) is 2.10. The van der Waals surface area contributed by atoms with Crippen LogP contribution in [0.1, 0.15) is 18.9 Å². The number of fused-ring (bicyclic) bond motifs is 1. The fourth-order valence-corrected chi connectivity index (χ4v) is 2.10. The molecule has 0 amide bonds. The van der Waals surface area contributed by atoms with E-state index in [1.54, 1.807) is 6.33 Å². The number of nitrogens with zero attached hydrogens (tertiary/aromatic N) is 4. The Bertz CT molecular complexity index is 458. The van der Waals surface area contributed by atoms with Crippen LogP contribution in [0.2, 0.25) is 0 Å². The third-order valence-electron chi connectivity index (χ3n) is 2.87. The summed E-state index contributed by atoms with van der Waals surface area (Å²) in [4.78, 5) is 8.27. The molecule has 1 fully saturated rings. The minimum absolute atomic E-state index is 0.436. The first-order valence-corrected chi connectivity index (χ1v) is 5.29. The van der Waals surface area contributed by atoms with Crippen molar-refractivity contribution in [2.75, 3.05) is 13.1 Å². The molecule has 0 aromatic carbocycles. The summed E-state index contributed by atoms with van der Waals surface area (Å²) in [5.74, 6) is 0. The smallest absolute Gasteiger partial charge is 0.161 e. The van der Waals surface area contributed by atoms with E-state index in [1.165, 1.54) is 12.8 Å². The Morgan fingerprint density at radius 1 is 1.40 bits per heavy atom. The van der Waals surface area contributed by atoms with Crippen molar-refractivity contribution in [2.24, 2.45) is 0 Å². The van der Waals surface area contributed by atoms with E-state index in [9.17, 15) is 0 Å². The Balaban J connectivity index is 2.02. The lowest BCUT2D eigenvalue weighted by atomic mass is 10.1. The van der Waals surface area contributed by atoms with Crippen LogP contribution in [0.15, 0.2) is 18.7 Å². The Kier molecular flexibility index (Phi) is 2.10. The summed E-state index contributed by atoms with van der Waals surface area (Å²) in [5, 5.41) is 8.79. The molecule has 0 radical (unpaired) electrons. The van der Waals surface area contributed by atoms with Gasteiger partial charge in [-0.2, -0.15) is 5.10 Å². The van der Waals surface area contributed by atoms with Crippen LogP contribution in [0.5, 0.6) is 0 Å². The maximum atomic E-state index is 4.39. The van der Waals surface area contributed by atoms with Crippen molar-refractivity contribution in [3.05, 3.63) is 18.7 Å². The molecule has 1 saturated heterocycles. The van der Waals surface area contributed by atoms with E-state index in [0.717, 1.165) is 24.1 Å². The van der Waals surface area contributed by atoms with Crippen molar-refractivity contribution in [1.82, 2.24) is 25.1 Å². The highest BCUT2D eigenvalue weighted by Crippen LogP contribution is 2.19. The number of piperidine rings is 1. The van der Waals surface area contributed by atoms with Gasteiger partial charge in [-0.1, -0.05) is 0 Å². The van der Waals surface area contributed by atoms with Gasteiger partial charge in [0.2, 0.25) is 0 Å². The number of hydrogen-bond donors (Lipinski definition) is 1. The maximum Gasteiger partial charge on any atom is 0.161 e. The van der Waals surface area contributed by atoms with Crippen molar-refractivity contribution >= 4 is 11.0 Å². The molecule has 1 N–H and O–H groups in total. The molecule has 1 aliphatic rings. The second kappa shape index (κ2) is 3.58. The highest BCUT2D eigenvalue weighted by Gasteiger charge is 2.17. The third kappa shape index (κ3) is 1.48. The molecule has 5 nitrogen and oxygen atoms in total. The largest absolute Gasteiger partial charge is 0.315 e. The molecule has 78 valence electrons. The van der Waals surface area contributed by atoms with Gasteiger partial charge in [0, 0.05) is 12.7 Å². The van der Waals surface area contributed by atoms with E-state index in [1.807, 2.05) is 17.1 Å². The van der Waals surface area contributed by atoms with Crippen molar-refractivity contribution in [3.63, 3.8) is 0 Å². The molecule has 1 unspecified atom stereocenters. The normalized spacial score (nSPS) is 22.0. The second-order valence-corrected chi connectivity index (χ2v) is 3.89. The topological polar surface area (TPSA) is 55.6 Å². The Morgan fingerprint density at radius 2 is 2.40 bits per heavy atom. The molecular weight excluding hydrogens is 190 g/mol. The average molecular weight is 203 g/mol. The first-order chi connectivity index (χ1) is 7.45. The third-order valence-corrected chi connectivity index (χ3v) is 2.87. The van der Waals surface area contributed by atoms with Crippen LogP contribution < -0.4 is 5.32 Å². The molecule has 1 aliphatic heterocycles. The summed E-state index contributed by atoms with van der Waals surface area (Å²) in [6, 6.07) is 0.436. The average Bonchev–Trinajstić information content (AvgIpc) is 2.74. The van der Waals surface area contributed by atoms with Gasteiger partial charge >= 0.3 is 0 Å². The van der Waals surface area contributed by atoms with Crippen LogP contribution in [0.3, 0.4) is 0 Å². The van der Waals surface area contributed by atoms with Crippen molar-refractivity contribution in [1.29, 1.82) is 0 Å². The van der Waals surface area contributed by atoms with Crippen LogP contribution in [-0.2, 0) is 0 Å². The van der Waals surface area contributed by atoms with Gasteiger partial charge in [0.1, 0.15) is 6.33 Å². The van der Waals surface area contributed by atoms with Crippen molar-refractivity contribution in [2.45, 2.75) is 18.9 Å². The fraction of sp³-hybridized carbons (Fsp3) is 0.500. The zero-order valence-corrected chi connectivity index (χ0v) is 8.43. The summed E-state index contributed by atoms with van der Waals surface area (Å²) in [6.07, 6.45) is 7.60. The second-order valence-electron chi connectivity index (χ2n) is 3.89. The molecule has 2 aromatic heterocycles. The Morgan fingerprint density at radius 3 is 3.27 bits per heavy atom. The lowest BCUT2D eigenvalue weighted by molar-refractivity contribution is 0.353. The van der Waals surface area contributed by atoms with Gasteiger partial charge in [-0.05, 0) is 19.4 Å². The van der Waals surface area contributed by atoms with Crippen molar-refractivity contribution in [3.8, 4) is 0 Å². The Labute approximate surface area is 87.5 Å². The molecule has 3 rings (SSSR count). The van der Waals surface area contributed by atoms with Gasteiger partial charge in [-0.15, -0.1) is 0 Å². The highest BCUT2D eigenvalue weighted by molar-refractivity contribution is 5.72. The van der Waals surface area contributed by atoms with Gasteiger partial charge in [0.25, 0.3) is 0 Å². The van der Waals surface area contributed by atoms with E-state index in [0.29, 0.717) is 6.04 Å². The van der Waals surface area contributed by atoms with Gasteiger partial charge in [-0.25, -0.2) is 14.6 Å².